The predicted molar refractivity (Wildman–Crippen MR) is 127 cm³/mol. The van der Waals surface area contributed by atoms with Crippen LogP contribution in [-0.2, 0) is 20.8 Å². The summed E-state index contributed by atoms with van der Waals surface area (Å²) in [6.45, 7) is 3.36. The number of benzene rings is 2. The fourth-order valence-electron chi connectivity index (χ4n) is 4.33. The normalized spacial score (nSPS) is 19.6. The fourth-order valence-corrected chi connectivity index (χ4v) is 5.52. The molecule has 0 aliphatic carbocycles. The molecule has 1 amide bonds. The highest BCUT2D eigenvalue weighted by Crippen LogP contribution is 2.36. The van der Waals surface area contributed by atoms with Gasteiger partial charge >= 0.3 is 0 Å². The number of hydrogen-bond acceptors (Lipinski definition) is 6. The smallest absolute Gasteiger partial charge is 0.262 e. The number of para-hydroxylation sites is 1. The summed E-state index contributed by atoms with van der Waals surface area (Å²) in [5, 5.41) is 0.619. The van der Waals surface area contributed by atoms with E-state index < -0.39 is 5.25 Å². The molecule has 0 unspecified atom stereocenters. The summed E-state index contributed by atoms with van der Waals surface area (Å²) in [6.07, 6.45) is 1.89. The highest BCUT2D eigenvalue weighted by molar-refractivity contribution is 8.00. The molecular weight excluding hydrogens is 438 g/mol. The van der Waals surface area contributed by atoms with Crippen LogP contribution in [0.3, 0.4) is 0 Å². The van der Waals surface area contributed by atoms with Crippen LogP contribution >= 0.6 is 11.8 Å². The van der Waals surface area contributed by atoms with Gasteiger partial charge in [0.15, 0.2) is 5.16 Å². The monoisotopic (exact) mass is 465 g/mol. The predicted octanol–water partition coefficient (Wildman–Crippen LogP) is 3.27. The van der Waals surface area contributed by atoms with Crippen molar-refractivity contribution in [2.24, 2.45) is 0 Å². The molecule has 2 aromatic carbocycles. The third kappa shape index (κ3) is 4.83. The van der Waals surface area contributed by atoms with Crippen LogP contribution in [0.15, 0.2) is 64.5 Å². The number of fused-ring (bicyclic) bond motifs is 1. The van der Waals surface area contributed by atoms with Gasteiger partial charge in [0.1, 0.15) is 5.25 Å². The molecule has 5 rings (SSSR count). The van der Waals surface area contributed by atoms with Gasteiger partial charge in [0.2, 0.25) is 5.91 Å². The van der Waals surface area contributed by atoms with Crippen LogP contribution in [0.2, 0.25) is 0 Å². The molecule has 33 heavy (non-hydrogen) atoms. The van der Waals surface area contributed by atoms with Crippen LogP contribution in [0.4, 0.5) is 0 Å². The van der Waals surface area contributed by atoms with E-state index in [2.05, 4.69) is 0 Å². The molecule has 2 atom stereocenters. The zero-order chi connectivity index (χ0) is 22.6. The fraction of sp³-hybridized carbons (Fsp3) is 0.400. The maximum absolute atomic E-state index is 13.6. The van der Waals surface area contributed by atoms with Crippen LogP contribution in [-0.4, -0.2) is 59.4 Å². The Morgan fingerprint density at radius 3 is 2.58 bits per heavy atom. The van der Waals surface area contributed by atoms with E-state index in [1.807, 2.05) is 53.4 Å². The Kier molecular flexibility index (Phi) is 6.75. The Morgan fingerprint density at radius 1 is 1.06 bits per heavy atom. The molecule has 3 heterocycles. The summed E-state index contributed by atoms with van der Waals surface area (Å²) in [6, 6.07) is 17.1. The van der Waals surface area contributed by atoms with Gasteiger partial charge in [0.05, 0.1) is 36.8 Å². The van der Waals surface area contributed by atoms with Crippen LogP contribution in [0.25, 0.3) is 10.9 Å². The molecule has 2 saturated heterocycles. The van der Waals surface area contributed by atoms with Crippen molar-refractivity contribution < 1.29 is 14.3 Å². The standard InChI is InChI=1S/C25H27N3O4S/c29-23-20-10-4-5-11-21(20)26-25(28(23)17-19-9-6-14-32-19)33-22(18-7-2-1-3-8-18)24(30)27-12-15-31-16-13-27/h1-5,7-8,10-11,19,22H,6,9,12-17H2/t19-,22+/m0/s1. The van der Waals surface area contributed by atoms with E-state index in [4.69, 9.17) is 14.5 Å². The number of ether oxygens (including phenoxy) is 2. The second kappa shape index (κ2) is 10.1. The molecule has 0 bridgehead atoms. The maximum Gasteiger partial charge on any atom is 0.262 e. The minimum absolute atomic E-state index is 0.0144. The highest BCUT2D eigenvalue weighted by atomic mass is 32.2. The summed E-state index contributed by atoms with van der Waals surface area (Å²) >= 11 is 1.35. The molecule has 2 fully saturated rings. The van der Waals surface area contributed by atoms with Gasteiger partial charge in [-0.1, -0.05) is 54.2 Å². The average Bonchev–Trinajstić information content (AvgIpc) is 3.39. The summed E-state index contributed by atoms with van der Waals surface area (Å²) in [5.41, 5.74) is 1.44. The van der Waals surface area contributed by atoms with E-state index in [-0.39, 0.29) is 17.6 Å². The van der Waals surface area contributed by atoms with E-state index in [0.717, 1.165) is 18.4 Å². The number of thioether (sulfide) groups is 1. The van der Waals surface area contributed by atoms with E-state index in [0.29, 0.717) is 55.5 Å². The zero-order valence-corrected chi connectivity index (χ0v) is 19.2. The van der Waals surface area contributed by atoms with Gasteiger partial charge in [0, 0.05) is 19.7 Å². The van der Waals surface area contributed by atoms with Crippen LogP contribution in [0.5, 0.6) is 0 Å². The van der Waals surface area contributed by atoms with Crippen LogP contribution < -0.4 is 5.56 Å². The van der Waals surface area contributed by atoms with E-state index in [1.54, 1.807) is 10.6 Å². The third-order valence-corrected chi connectivity index (χ3v) is 7.34. The molecule has 8 heteroatoms. The van der Waals surface area contributed by atoms with Gasteiger partial charge < -0.3 is 14.4 Å². The maximum atomic E-state index is 13.6. The Morgan fingerprint density at radius 2 is 1.82 bits per heavy atom. The van der Waals surface area contributed by atoms with E-state index >= 15 is 0 Å². The second-order valence-electron chi connectivity index (χ2n) is 8.31. The first-order valence-electron chi connectivity index (χ1n) is 11.4. The van der Waals surface area contributed by atoms with Gasteiger partial charge in [-0.2, -0.15) is 0 Å². The molecule has 2 aliphatic heterocycles. The number of rotatable bonds is 6. The van der Waals surface area contributed by atoms with Crippen molar-refractivity contribution in [1.29, 1.82) is 0 Å². The molecule has 2 aliphatic rings. The van der Waals surface area contributed by atoms with Crippen molar-refractivity contribution in [3.8, 4) is 0 Å². The SMILES string of the molecule is O=C([C@H](Sc1nc2ccccc2c(=O)n1C[C@@H]1CCCO1)c1ccccc1)N1CCOCC1. The lowest BCUT2D eigenvalue weighted by atomic mass is 10.1. The first kappa shape index (κ1) is 22.1. The molecule has 3 aromatic rings. The largest absolute Gasteiger partial charge is 0.378 e. The van der Waals surface area contributed by atoms with Crippen molar-refractivity contribution in [2.75, 3.05) is 32.9 Å². The van der Waals surface area contributed by atoms with E-state index in [9.17, 15) is 9.59 Å². The summed E-state index contributed by atoms with van der Waals surface area (Å²) in [5.74, 6) is 0.0144. The van der Waals surface area contributed by atoms with Gasteiger partial charge in [-0.05, 0) is 30.5 Å². The van der Waals surface area contributed by atoms with Crippen LogP contribution in [0.1, 0.15) is 23.7 Å². The lowest BCUT2D eigenvalue weighted by Gasteiger charge is -2.30. The summed E-state index contributed by atoms with van der Waals surface area (Å²) < 4.78 is 13.0. The Labute approximate surface area is 196 Å². The molecule has 0 radical (unpaired) electrons. The quantitative estimate of drug-likeness (QED) is 0.411. The lowest BCUT2D eigenvalue weighted by molar-refractivity contribution is -0.134. The molecule has 7 nitrogen and oxygen atoms in total. The van der Waals surface area contributed by atoms with E-state index in [1.165, 1.54) is 11.8 Å². The van der Waals surface area contributed by atoms with Crippen molar-refractivity contribution in [3.63, 3.8) is 0 Å². The first-order valence-corrected chi connectivity index (χ1v) is 12.3. The average molecular weight is 466 g/mol. The number of amides is 1. The molecule has 0 saturated carbocycles. The van der Waals surface area contributed by atoms with Gasteiger partial charge in [-0.3, -0.25) is 14.2 Å². The number of aromatic nitrogens is 2. The number of morpholine rings is 1. The van der Waals surface area contributed by atoms with Gasteiger partial charge in [-0.15, -0.1) is 0 Å². The van der Waals surface area contributed by atoms with Crippen molar-refractivity contribution >= 4 is 28.6 Å². The zero-order valence-electron chi connectivity index (χ0n) is 18.4. The molecule has 0 spiro atoms. The lowest BCUT2D eigenvalue weighted by Crippen LogP contribution is -2.42. The topological polar surface area (TPSA) is 73.7 Å². The summed E-state index contributed by atoms with van der Waals surface area (Å²) in [7, 11) is 0. The van der Waals surface area contributed by atoms with Crippen molar-refractivity contribution in [3.05, 3.63) is 70.5 Å². The second-order valence-corrected chi connectivity index (χ2v) is 9.38. The molecule has 0 N–H and O–H groups in total. The Hall–Kier alpha value is -2.68. The summed E-state index contributed by atoms with van der Waals surface area (Å²) in [4.78, 5) is 33.8. The van der Waals surface area contributed by atoms with Crippen molar-refractivity contribution in [2.45, 2.75) is 35.9 Å². The number of hydrogen-bond donors (Lipinski definition) is 0. The number of carbonyl (C=O) groups excluding carboxylic acids is 1. The van der Waals surface area contributed by atoms with Crippen molar-refractivity contribution in [1.82, 2.24) is 14.5 Å². The third-order valence-electron chi connectivity index (χ3n) is 6.11. The Balaban J connectivity index is 1.56. The van der Waals surface area contributed by atoms with Crippen LogP contribution in [0, 0.1) is 0 Å². The Bertz CT molecular complexity index is 1170. The van der Waals surface area contributed by atoms with Gasteiger partial charge in [0.25, 0.3) is 5.56 Å². The minimum Gasteiger partial charge on any atom is -0.378 e. The number of nitrogens with zero attached hydrogens (tertiary/aromatic N) is 3. The highest BCUT2D eigenvalue weighted by Gasteiger charge is 2.30. The molecule has 1 aromatic heterocycles. The molecular formula is C25H27N3O4S. The molecule has 172 valence electrons. The number of carbonyl (C=O) groups is 1. The van der Waals surface area contributed by atoms with Gasteiger partial charge in [-0.25, -0.2) is 4.98 Å². The first-order chi connectivity index (χ1) is 16.2. The minimum atomic E-state index is -0.506.